The van der Waals surface area contributed by atoms with Crippen LogP contribution in [0.2, 0.25) is 0 Å². The van der Waals surface area contributed by atoms with E-state index in [2.05, 4.69) is 5.32 Å². The van der Waals surface area contributed by atoms with Gasteiger partial charge in [-0.3, -0.25) is 9.59 Å². The van der Waals surface area contributed by atoms with Gasteiger partial charge in [0.1, 0.15) is 0 Å². The molecule has 2 amide bonds. The summed E-state index contributed by atoms with van der Waals surface area (Å²) in [5.41, 5.74) is 11.7. The van der Waals surface area contributed by atoms with E-state index in [9.17, 15) is 9.59 Å². The van der Waals surface area contributed by atoms with E-state index in [1.54, 1.807) is 6.07 Å². The molecule has 0 bridgehead atoms. The molecule has 1 aliphatic carbocycles. The lowest BCUT2D eigenvalue weighted by Gasteiger charge is -2.35. The molecule has 0 unspecified atom stereocenters. The van der Waals surface area contributed by atoms with Crippen LogP contribution in [0.5, 0.6) is 11.5 Å². The van der Waals surface area contributed by atoms with Gasteiger partial charge in [0.05, 0.1) is 25.5 Å². The summed E-state index contributed by atoms with van der Waals surface area (Å²) >= 11 is 0. The standard InChI is InChI=1S/C18H27N3O4.ClH/c1-24-14-8-12(17(20)23)13(9-15(14)25-2)21-16(22)10-18(11-19)6-4-3-5-7-18;/h8-9H,3-7,10-11,19H2,1-2H3,(H2,20,23)(H,21,22);1H. The highest BCUT2D eigenvalue weighted by Crippen LogP contribution is 2.39. The maximum atomic E-state index is 12.6. The highest BCUT2D eigenvalue weighted by Gasteiger charge is 2.33. The van der Waals surface area contributed by atoms with Crippen LogP contribution in [-0.4, -0.2) is 32.6 Å². The van der Waals surface area contributed by atoms with Gasteiger partial charge in [-0.2, -0.15) is 0 Å². The van der Waals surface area contributed by atoms with Crippen molar-refractivity contribution >= 4 is 29.9 Å². The van der Waals surface area contributed by atoms with E-state index in [0.29, 0.717) is 30.2 Å². The van der Waals surface area contributed by atoms with Gasteiger partial charge < -0.3 is 26.3 Å². The molecule has 1 aromatic rings. The Labute approximate surface area is 160 Å². The van der Waals surface area contributed by atoms with Gasteiger partial charge in [-0.05, 0) is 30.9 Å². The predicted molar refractivity (Wildman–Crippen MR) is 103 cm³/mol. The molecule has 0 aromatic heterocycles. The number of hydrogen-bond donors (Lipinski definition) is 3. The van der Waals surface area contributed by atoms with E-state index < -0.39 is 5.91 Å². The normalized spacial score (nSPS) is 15.5. The first-order chi connectivity index (χ1) is 11.9. The first-order valence-electron chi connectivity index (χ1n) is 8.50. The summed E-state index contributed by atoms with van der Waals surface area (Å²) in [6.45, 7) is 0.481. The van der Waals surface area contributed by atoms with Gasteiger partial charge in [-0.15, -0.1) is 12.4 Å². The Bertz CT molecular complexity index is 646. The number of anilines is 1. The van der Waals surface area contributed by atoms with E-state index in [0.717, 1.165) is 25.7 Å². The summed E-state index contributed by atoms with van der Waals surface area (Å²) in [5.74, 6) is -0.0430. The highest BCUT2D eigenvalue weighted by molar-refractivity contribution is 6.04. The summed E-state index contributed by atoms with van der Waals surface area (Å²) in [7, 11) is 2.95. The second kappa shape index (κ2) is 9.64. The molecule has 26 heavy (non-hydrogen) atoms. The van der Waals surface area contributed by atoms with Gasteiger partial charge in [0.2, 0.25) is 5.91 Å². The van der Waals surface area contributed by atoms with Crippen LogP contribution in [-0.2, 0) is 4.79 Å². The Morgan fingerprint density at radius 1 is 1.12 bits per heavy atom. The van der Waals surface area contributed by atoms with Gasteiger partial charge >= 0.3 is 0 Å². The molecule has 0 heterocycles. The van der Waals surface area contributed by atoms with E-state index >= 15 is 0 Å². The molecule has 8 heteroatoms. The van der Waals surface area contributed by atoms with E-state index in [1.807, 2.05) is 0 Å². The van der Waals surface area contributed by atoms with E-state index in [1.165, 1.54) is 26.7 Å². The number of carbonyl (C=O) groups is 2. The monoisotopic (exact) mass is 385 g/mol. The molecule has 0 saturated heterocycles. The summed E-state index contributed by atoms with van der Waals surface area (Å²) in [6, 6.07) is 3.02. The number of hydrogen-bond acceptors (Lipinski definition) is 5. The smallest absolute Gasteiger partial charge is 0.250 e. The minimum atomic E-state index is -0.651. The number of nitrogens with one attached hydrogen (secondary N) is 1. The Kier molecular flexibility index (Phi) is 8.17. The minimum absolute atomic E-state index is 0. The lowest BCUT2D eigenvalue weighted by Crippen LogP contribution is -2.36. The Morgan fingerprint density at radius 3 is 2.19 bits per heavy atom. The van der Waals surface area contributed by atoms with Crippen molar-refractivity contribution in [2.24, 2.45) is 16.9 Å². The quantitative estimate of drug-likeness (QED) is 0.666. The molecule has 146 valence electrons. The predicted octanol–water partition coefficient (Wildman–Crippen LogP) is 2.46. The first kappa shape index (κ1) is 22.1. The van der Waals surface area contributed by atoms with Crippen molar-refractivity contribution in [2.45, 2.75) is 38.5 Å². The fraction of sp³-hybridized carbons (Fsp3) is 0.556. The van der Waals surface area contributed by atoms with Crippen molar-refractivity contribution in [3.63, 3.8) is 0 Å². The maximum Gasteiger partial charge on any atom is 0.250 e. The van der Waals surface area contributed by atoms with Gasteiger partial charge in [-0.1, -0.05) is 19.3 Å². The highest BCUT2D eigenvalue weighted by atomic mass is 35.5. The number of primary amides is 1. The molecular formula is C18H28ClN3O4. The summed E-state index contributed by atoms with van der Waals surface area (Å²) in [5, 5.41) is 2.79. The summed E-state index contributed by atoms with van der Waals surface area (Å²) < 4.78 is 10.4. The van der Waals surface area contributed by atoms with Crippen LogP contribution in [0.25, 0.3) is 0 Å². The molecule has 0 radical (unpaired) electrons. The van der Waals surface area contributed by atoms with Crippen LogP contribution in [0.15, 0.2) is 12.1 Å². The van der Waals surface area contributed by atoms with Crippen LogP contribution >= 0.6 is 12.4 Å². The molecule has 1 saturated carbocycles. The molecule has 7 nitrogen and oxygen atoms in total. The zero-order valence-electron chi connectivity index (χ0n) is 15.3. The minimum Gasteiger partial charge on any atom is -0.493 e. The SMILES string of the molecule is COc1cc(NC(=O)CC2(CN)CCCCC2)c(C(N)=O)cc1OC.Cl. The van der Waals surface area contributed by atoms with Gasteiger partial charge in [0.25, 0.3) is 5.91 Å². The fourth-order valence-corrected chi connectivity index (χ4v) is 3.48. The number of rotatable bonds is 7. The molecule has 5 N–H and O–H groups in total. The number of nitrogens with two attached hydrogens (primary N) is 2. The van der Waals surface area contributed by atoms with Gasteiger partial charge in [0.15, 0.2) is 11.5 Å². The van der Waals surface area contributed by atoms with Crippen molar-refractivity contribution in [1.29, 1.82) is 0 Å². The molecule has 2 rings (SSSR count). The van der Waals surface area contributed by atoms with Crippen LogP contribution in [0.1, 0.15) is 48.9 Å². The lowest BCUT2D eigenvalue weighted by atomic mass is 9.71. The lowest BCUT2D eigenvalue weighted by molar-refractivity contribution is -0.118. The molecular weight excluding hydrogens is 358 g/mol. The Balaban J connectivity index is 0.00000338. The van der Waals surface area contributed by atoms with E-state index in [4.69, 9.17) is 20.9 Å². The second-order valence-corrected chi connectivity index (χ2v) is 6.61. The maximum absolute atomic E-state index is 12.6. The molecule has 1 aliphatic rings. The van der Waals surface area contributed by atoms with Gasteiger partial charge in [0, 0.05) is 12.5 Å². The van der Waals surface area contributed by atoms with Crippen LogP contribution < -0.4 is 26.3 Å². The third-order valence-electron chi connectivity index (χ3n) is 4.95. The first-order valence-corrected chi connectivity index (χ1v) is 8.50. The van der Waals surface area contributed by atoms with Crippen molar-refractivity contribution in [1.82, 2.24) is 0 Å². The number of amides is 2. The number of carbonyl (C=O) groups excluding carboxylic acids is 2. The summed E-state index contributed by atoms with van der Waals surface area (Å²) in [6.07, 6.45) is 5.60. The zero-order chi connectivity index (χ0) is 18.4. The van der Waals surface area contributed by atoms with Crippen molar-refractivity contribution in [3.05, 3.63) is 17.7 Å². The number of methoxy groups -OCH3 is 2. The van der Waals surface area contributed by atoms with Crippen LogP contribution in [0, 0.1) is 5.41 Å². The van der Waals surface area contributed by atoms with Crippen molar-refractivity contribution in [3.8, 4) is 11.5 Å². The summed E-state index contributed by atoms with van der Waals surface area (Å²) in [4.78, 5) is 24.3. The second-order valence-electron chi connectivity index (χ2n) is 6.61. The number of halogens is 1. The molecule has 0 spiro atoms. The zero-order valence-corrected chi connectivity index (χ0v) is 16.1. The Morgan fingerprint density at radius 2 is 1.69 bits per heavy atom. The topological polar surface area (TPSA) is 117 Å². The molecule has 1 fully saturated rings. The average molecular weight is 386 g/mol. The number of benzene rings is 1. The fourth-order valence-electron chi connectivity index (χ4n) is 3.48. The Hall–Kier alpha value is -1.99. The third kappa shape index (κ3) is 5.02. The third-order valence-corrected chi connectivity index (χ3v) is 4.95. The van der Waals surface area contributed by atoms with Crippen molar-refractivity contribution < 1.29 is 19.1 Å². The average Bonchev–Trinajstić information content (AvgIpc) is 2.61. The molecule has 0 atom stereocenters. The van der Waals surface area contributed by atoms with Gasteiger partial charge in [-0.25, -0.2) is 0 Å². The van der Waals surface area contributed by atoms with E-state index in [-0.39, 0.29) is 29.3 Å². The molecule has 0 aliphatic heterocycles. The van der Waals surface area contributed by atoms with Crippen LogP contribution in [0.3, 0.4) is 0 Å². The number of ether oxygens (including phenoxy) is 2. The van der Waals surface area contributed by atoms with Crippen LogP contribution in [0.4, 0.5) is 5.69 Å². The molecule has 1 aromatic carbocycles. The largest absolute Gasteiger partial charge is 0.493 e. The van der Waals surface area contributed by atoms with Crippen molar-refractivity contribution in [2.75, 3.05) is 26.1 Å².